The second kappa shape index (κ2) is 7.04. The molecule has 0 unspecified atom stereocenters. The maximum atomic E-state index is 5.49. The van der Waals surface area contributed by atoms with Crippen molar-refractivity contribution in [2.45, 2.75) is 40.2 Å². The predicted octanol–water partition coefficient (Wildman–Crippen LogP) is 2.95. The molecule has 7 nitrogen and oxygen atoms in total. The minimum Gasteiger partial charge on any atom is -0.496 e. The van der Waals surface area contributed by atoms with Crippen LogP contribution in [0.4, 0.5) is 5.82 Å². The molecule has 1 N–H and O–H groups in total. The number of rotatable bonds is 6. The molecule has 25 heavy (non-hydrogen) atoms. The number of pyridine rings is 1. The van der Waals surface area contributed by atoms with Crippen molar-refractivity contribution in [2.75, 3.05) is 12.4 Å². The fraction of sp³-hybridized carbons (Fsp3) is 0.444. The first kappa shape index (κ1) is 17.1. The second-order valence-electron chi connectivity index (χ2n) is 6.14. The van der Waals surface area contributed by atoms with E-state index in [2.05, 4.69) is 32.3 Å². The number of nitrogens with one attached hydrogen (secondary N) is 1. The Bertz CT molecular complexity index is 902. The maximum absolute atomic E-state index is 5.49. The van der Waals surface area contributed by atoms with Crippen LogP contribution in [0.3, 0.4) is 0 Å². The topological polar surface area (TPSA) is 77.8 Å². The van der Waals surface area contributed by atoms with Gasteiger partial charge in [0.15, 0.2) is 5.65 Å². The minimum absolute atomic E-state index is 0.565. The highest BCUT2D eigenvalue weighted by molar-refractivity contribution is 5.86. The summed E-state index contributed by atoms with van der Waals surface area (Å²) in [7, 11) is 3.58. The van der Waals surface area contributed by atoms with Crippen LogP contribution < -0.4 is 10.1 Å². The number of aromatic nitrogens is 5. The molecule has 0 bridgehead atoms. The number of aryl methyl sites for hydroxylation is 3. The van der Waals surface area contributed by atoms with E-state index in [0.29, 0.717) is 6.54 Å². The zero-order valence-electron chi connectivity index (χ0n) is 15.4. The highest BCUT2D eigenvalue weighted by Gasteiger charge is 2.13. The van der Waals surface area contributed by atoms with Crippen LogP contribution in [0, 0.1) is 13.8 Å². The lowest BCUT2D eigenvalue weighted by Crippen LogP contribution is -2.09. The third kappa shape index (κ3) is 3.26. The van der Waals surface area contributed by atoms with Crippen molar-refractivity contribution < 1.29 is 4.74 Å². The number of nitrogens with zero attached hydrogens (tertiary/aromatic N) is 5. The average molecular weight is 340 g/mol. The van der Waals surface area contributed by atoms with Gasteiger partial charge in [-0.05, 0) is 20.3 Å². The molecule has 0 aliphatic heterocycles. The minimum atomic E-state index is 0.565. The van der Waals surface area contributed by atoms with Gasteiger partial charge in [0.25, 0.3) is 0 Å². The lowest BCUT2D eigenvalue weighted by Gasteiger charge is -2.13. The molecule has 0 saturated carbocycles. The van der Waals surface area contributed by atoms with Crippen LogP contribution in [0.5, 0.6) is 5.75 Å². The monoisotopic (exact) mass is 340 g/mol. The Balaban J connectivity index is 1.93. The van der Waals surface area contributed by atoms with E-state index < -0.39 is 0 Å². The van der Waals surface area contributed by atoms with Crippen LogP contribution >= 0.6 is 0 Å². The molecular weight excluding hydrogens is 316 g/mol. The molecule has 0 aliphatic rings. The third-order valence-corrected chi connectivity index (χ3v) is 4.29. The van der Waals surface area contributed by atoms with Crippen LogP contribution in [0.15, 0.2) is 12.4 Å². The molecule has 0 fully saturated rings. The van der Waals surface area contributed by atoms with Gasteiger partial charge in [0.05, 0.1) is 30.9 Å². The Kier molecular flexibility index (Phi) is 4.83. The van der Waals surface area contributed by atoms with Crippen molar-refractivity contribution in [2.24, 2.45) is 7.05 Å². The highest BCUT2D eigenvalue weighted by atomic mass is 16.5. The van der Waals surface area contributed by atoms with Gasteiger partial charge >= 0.3 is 0 Å². The quantitative estimate of drug-likeness (QED) is 0.743. The van der Waals surface area contributed by atoms with Gasteiger partial charge in [-0.2, -0.15) is 5.10 Å². The van der Waals surface area contributed by atoms with E-state index in [9.17, 15) is 0 Å². The van der Waals surface area contributed by atoms with Gasteiger partial charge in [0.2, 0.25) is 0 Å². The van der Waals surface area contributed by atoms with Crippen molar-refractivity contribution in [3.05, 3.63) is 35.0 Å². The molecule has 3 heterocycles. The Morgan fingerprint density at radius 2 is 2.00 bits per heavy atom. The van der Waals surface area contributed by atoms with Crippen LogP contribution in [-0.2, 0) is 20.0 Å². The van der Waals surface area contributed by atoms with Crippen LogP contribution in [0.1, 0.15) is 36.0 Å². The largest absolute Gasteiger partial charge is 0.496 e. The third-order valence-electron chi connectivity index (χ3n) is 4.29. The summed E-state index contributed by atoms with van der Waals surface area (Å²) in [5, 5.41) is 8.63. The fourth-order valence-corrected chi connectivity index (χ4v) is 2.95. The molecular formula is C18H24N6O. The standard InChI is InChI=1S/C18H24N6O/c1-6-7-15-22-17(13-9-21-24(4)18(13)23-15)20-10-14-12(3)16(25-5)11(2)8-19-14/h8-9H,6-7,10H2,1-5H3,(H,20,22,23). The molecule has 0 radical (unpaired) electrons. The van der Waals surface area contributed by atoms with E-state index in [1.807, 2.05) is 27.1 Å². The maximum Gasteiger partial charge on any atom is 0.163 e. The summed E-state index contributed by atoms with van der Waals surface area (Å²) < 4.78 is 7.26. The molecule has 132 valence electrons. The van der Waals surface area contributed by atoms with Crippen molar-refractivity contribution in [3.8, 4) is 5.75 Å². The molecule has 3 aromatic heterocycles. The van der Waals surface area contributed by atoms with Crippen molar-refractivity contribution in [1.29, 1.82) is 0 Å². The first-order valence-corrected chi connectivity index (χ1v) is 8.46. The lowest BCUT2D eigenvalue weighted by molar-refractivity contribution is 0.407. The van der Waals surface area contributed by atoms with E-state index in [0.717, 1.165) is 58.1 Å². The van der Waals surface area contributed by atoms with Crippen molar-refractivity contribution in [3.63, 3.8) is 0 Å². The summed E-state index contributed by atoms with van der Waals surface area (Å²) in [5.41, 5.74) is 3.85. The molecule has 0 atom stereocenters. The van der Waals surface area contributed by atoms with Crippen LogP contribution in [0.25, 0.3) is 11.0 Å². The van der Waals surface area contributed by atoms with Gasteiger partial charge in [0.1, 0.15) is 17.4 Å². The smallest absolute Gasteiger partial charge is 0.163 e. The fourth-order valence-electron chi connectivity index (χ4n) is 2.95. The van der Waals surface area contributed by atoms with E-state index in [1.165, 1.54) is 0 Å². The summed E-state index contributed by atoms with van der Waals surface area (Å²) in [4.78, 5) is 13.8. The Labute approximate surface area is 147 Å². The molecule has 7 heteroatoms. The number of ether oxygens (including phenoxy) is 1. The predicted molar refractivity (Wildman–Crippen MR) is 97.9 cm³/mol. The molecule has 0 spiro atoms. The molecule has 0 amide bonds. The van der Waals surface area contributed by atoms with Gasteiger partial charge in [-0.25, -0.2) is 9.97 Å². The molecule has 3 rings (SSSR count). The molecule has 0 aliphatic carbocycles. The van der Waals surface area contributed by atoms with Gasteiger partial charge in [-0.1, -0.05) is 6.92 Å². The van der Waals surface area contributed by atoms with E-state index in [4.69, 9.17) is 4.74 Å². The van der Waals surface area contributed by atoms with Gasteiger partial charge in [-0.3, -0.25) is 9.67 Å². The summed E-state index contributed by atoms with van der Waals surface area (Å²) in [5.74, 6) is 2.50. The van der Waals surface area contributed by atoms with E-state index in [-0.39, 0.29) is 0 Å². The molecule has 0 saturated heterocycles. The van der Waals surface area contributed by atoms with Crippen LogP contribution in [-0.4, -0.2) is 31.8 Å². The van der Waals surface area contributed by atoms with Crippen molar-refractivity contribution >= 4 is 16.9 Å². The number of methoxy groups -OCH3 is 1. The normalized spacial score (nSPS) is 11.1. The number of hydrogen-bond acceptors (Lipinski definition) is 6. The van der Waals surface area contributed by atoms with Gasteiger partial charge < -0.3 is 10.1 Å². The van der Waals surface area contributed by atoms with E-state index in [1.54, 1.807) is 18.0 Å². The first-order chi connectivity index (χ1) is 12.0. The molecule has 3 aromatic rings. The Morgan fingerprint density at radius 3 is 2.72 bits per heavy atom. The average Bonchev–Trinajstić information content (AvgIpc) is 2.96. The zero-order valence-corrected chi connectivity index (χ0v) is 15.4. The second-order valence-corrected chi connectivity index (χ2v) is 6.14. The first-order valence-electron chi connectivity index (χ1n) is 8.46. The SMILES string of the molecule is CCCc1nc(NCc2ncc(C)c(OC)c2C)c2cnn(C)c2n1. The lowest BCUT2D eigenvalue weighted by atomic mass is 10.1. The van der Waals surface area contributed by atoms with Gasteiger partial charge in [0, 0.05) is 30.8 Å². The summed E-state index contributed by atoms with van der Waals surface area (Å²) in [6.45, 7) is 6.71. The number of hydrogen-bond donors (Lipinski definition) is 1. The Morgan fingerprint density at radius 1 is 1.20 bits per heavy atom. The Hall–Kier alpha value is -2.70. The van der Waals surface area contributed by atoms with Gasteiger partial charge in [-0.15, -0.1) is 0 Å². The highest BCUT2D eigenvalue weighted by Crippen LogP contribution is 2.25. The summed E-state index contributed by atoms with van der Waals surface area (Å²) in [6, 6.07) is 0. The summed E-state index contributed by atoms with van der Waals surface area (Å²) in [6.07, 6.45) is 5.47. The number of fused-ring (bicyclic) bond motifs is 1. The summed E-state index contributed by atoms with van der Waals surface area (Å²) >= 11 is 0. The van der Waals surface area contributed by atoms with Crippen LogP contribution in [0.2, 0.25) is 0 Å². The van der Waals surface area contributed by atoms with Crippen molar-refractivity contribution in [1.82, 2.24) is 24.7 Å². The number of anilines is 1. The van der Waals surface area contributed by atoms with E-state index >= 15 is 0 Å². The molecule has 0 aromatic carbocycles. The zero-order chi connectivity index (χ0) is 18.0.